The fraction of sp³-hybridized carbons (Fsp3) is 0.476. The third-order valence-electron chi connectivity index (χ3n) is 4.98. The van der Waals surface area contributed by atoms with Gasteiger partial charge in [-0.2, -0.15) is 0 Å². The number of nitrogens with one attached hydrogen (secondary N) is 1. The van der Waals surface area contributed by atoms with Crippen molar-refractivity contribution in [3.63, 3.8) is 0 Å². The molecule has 1 aliphatic heterocycles. The summed E-state index contributed by atoms with van der Waals surface area (Å²) >= 11 is 0. The fourth-order valence-electron chi connectivity index (χ4n) is 3.40. The zero-order chi connectivity index (χ0) is 19.1. The Hall–Kier alpha value is -2.47. The summed E-state index contributed by atoms with van der Waals surface area (Å²) in [7, 11) is 1.67. The Balaban J connectivity index is 1.51. The second-order valence-corrected chi connectivity index (χ2v) is 7.04. The Morgan fingerprint density at radius 3 is 2.70 bits per heavy atom. The summed E-state index contributed by atoms with van der Waals surface area (Å²) in [6, 6.07) is 12.3. The number of nitrogens with zero attached hydrogens (tertiary/aromatic N) is 3. The number of carbonyl (C=O) groups excluding carboxylic acids is 1. The van der Waals surface area contributed by atoms with Crippen LogP contribution >= 0.6 is 0 Å². The summed E-state index contributed by atoms with van der Waals surface area (Å²) < 4.78 is 5.00. The molecule has 0 radical (unpaired) electrons. The zero-order valence-corrected chi connectivity index (χ0v) is 16.1. The minimum atomic E-state index is 0.0864. The molecule has 0 unspecified atom stereocenters. The van der Waals surface area contributed by atoms with Gasteiger partial charge in [-0.3, -0.25) is 4.79 Å². The van der Waals surface area contributed by atoms with Crippen molar-refractivity contribution in [2.45, 2.75) is 26.2 Å². The van der Waals surface area contributed by atoms with Crippen LogP contribution in [0.1, 0.15) is 24.8 Å². The fourth-order valence-corrected chi connectivity index (χ4v) is 3.40. The summed E-state index contributed by atoms with van der Waals surface area (Å²) in [5, 5.41) is 11.8. The molecule has 1 aromatic heterocycles. The van der Waals surface area contributed by atoms with Gasteiger partial charge in [-0.05, 0) is 44.4 Å². The van der Waals surface area contributed by atoms with Crippen LogP contribution < -0.4 is 10.2 Å². The first-order chi connectivity index (χ1) is 13.2. The molecule has 0 atom stereocenters. The minimum absolute atomic E-state index is 0.0864. The summed E-state index contributed by atoms with van der Waals surface area (Å²) in [6.07, 6.45) is 2.54. The number of aryl methyl sites for hydroxylation is 1. The first-order valence-corrected chi connectivity index (χ1v) is 9.60. The van der Waals surface area contributed by atoms with Crippen LogP contribution in [0.2, 0.25) is 0 Å². The van der Waals surface area contributed by atoms with E-state index in [0.717, 1.165) is 49.4 Å². The van der Waals surface area contributed by atoms with Crippen LogP contribution in [0, 0.1) is 12.8 Å². The van der Waals surface area contributed by atoms with Gasteiger partial charge in [0.25, 0.3) is 0 Å². The normalized spacial score (nSPS) is 15.0. The molecule has 2 heterocycles. The molecule has 3 rings (SSSR count). The number of ether oxygens (including phenoxy) is 1. The van der Waals surface area contributed by atoms with Gasteiger partial charge in [0.2, 0.25) is 5.91 Å². The first-order valence-electron chi connectivity index (χ1n) is 9.60. The Morgan fingerprint density at radius 1 is 1.22 bits per heavy atom. The number of carbonyl (C=O) groups is 1. The largest absolute Gasteiger partial charge is 0.385 e. The van der Waals surface area contributed by atoms with Crippen molar-refractivity contribution in [3.05, 3.63) is 42.0 Å². The average molecular weight is 368 g/mol. The van der Waals surface area contributed by atoms with Gasteiger partial charge in [-0.1, -0.05) is 23.8 Å². The van der Waals surface area contributed by atoms with Crippen LogP contribution in [0.5, 0.6) is 0 Å². The van der Waals surface area contributed by atoms with Gasteiger partial charge in [0.15, 0.2) is 5.82 Å². The Labute approximate surface area is 160 Å². The van der Waals surface area contributed by atoms with Crippen LogP contribution in [-0.4, -0.2) is 49.5 Å². The molecule has 0 aliphatic carbocycles. The standard InChI is InChI=1S/C21H28N4O2/c1-16-5-3-6-18(15-16)19-7-8-20(24-23-19)25-12-9-17(10-13-25)21(26)22-11-4-14-27-2/h3,5-8,15,17H,4,9-14H2,1-2H3,(H,22,26). The molecule has 0 spiro atoms. The molecule has 6 nitrogen and oxygen atoms in total. The van der Waals surface area contributed by atoms with E-state index in [2.05, 4.69) is 39.5 Å². The predicted octanol–water partition coefficient (Wildman–Crippen LogP) is 2.82. The Morgan fingerprint density at radius 2 is 2.04 bits per heavy atom. The number of benzene rings is 1. The van der Waals surface area contributed by atoms with Crippen LogP contribution in [0.15, 0.2) is 36.4 Å². The molecule has 1 saturated heterocycles. The molecule has 1 aromatic carbocycles. The molecule has 1 aliphatic rings. The van der Waals surface area contributed by atoms with Gasteiger partial charge in [0.05, 0.1) is 5.69 Å². The summed E-state index contributed by atoms with van der Waals surface area (Å²) in [4.78, 5) is 14.4. The van der Waals surface area contributed by atoms with Gasteiger partial charge in [0, 0.05) is 44.8 Å². The molecule has 0 bridgehead atoms. The average Bonchev–Trinajstić information content (AvgIpc) is 2.71. The van der Waals surface area contributed by atoms with Gasteiger partial charge in [0.1, 0.15) is 0 Å². The summed E-state index contributed by atoms with van der Waals surface area (Å²) in [5.41, 5.74) is 3.17. The topological polar surface area (TPSA) is 67.3 Å². The Kier molecular flexibility index (Phi) is 6.76. The van der Waals surface area contributed by atoms with E-state index in [1.54, 1.807) is 7.11 Å². The van der Waals surface area contributed by atoms with Crippen LogP contribution in [0.3, 0.4) is 0 Å². The molecule has 1 amide bonds. The number of hydrogen-bond acceptors (Lipinski definition) is 5. The smallest absolute Gasteiger partial charge is 0.223 e. The lowest BCUT2D eigenvalue weighted by Gasteiger charge is -2.31. The van der Waals surface area contributed by atoms with Gasteiger partial charge in [-0.25, -0.2) is 0 Å². The van der Waals surface area contributed by atoms with E-state index in [9.17, 15) is 4.79 Å². The van der Waals surface area contributed by atoms with Crippen LogP contribution in [0.25, 0.3) is 11.3 Å². The van der Waals surface area contributed by atoms with Crippen molar-refractivity contribution >= 4 is 11.7 Å². The third kappa shape index (κ3) is 5.26. The van der Waals surface area contributed by atoms with E-state index < -0.39 is 0 Å². The van der Waals surface area contributed by atoms with Crippen LogP contribution in [-0.2, 0) is 9.53 Å². The van der Waals surface area contributed by atoms with Gasteiger partial charge >= 0.3 is 0 Å². The molecule has 1 fully saturated rings. The van der Waals surface area contributed by atoms with Crippen LogP contribution in [0.4, 0.5) is 5.82 Å². The Bertz CT molecular complexity index is 740. The second kappa shape index (κ2) is 9.46. The van der Waals surface area contributed by atoms with E-state index in [1.807, 2.05) is 24.3 Å². The van der Waals surface area contributed by atoms with Crippen molar-refractivity contribution in [3.8, 4) is 11.3 Å². The number of piperidine rings is 1. The molecular weight excluding hydrogens is 340 g/mol. The van der Waals surface area contributed by atoms with E-state index in [4.69, 9.17) is 4.74 Å². The number of hydrogen-bond donors (Lipinski definition) is 1. The first kappa shape index (κ1) is 19.3. The SMILES string of the molecule is COCCCNC(=O)C1CCN(c2ccc(-c3cccc(C)c3)nn2)CC1. The molecule has 6 heteroatoms. The van der Waals surface area contributed by atoms with E-state index >= 15 is 0 Å². The number of methoxy groups -OCH3 is 1. The van der Waals surface area contributed by atoms with E-state index in [-0.39, 0.29) is 11.8 Å². The highest BCUT2D eigenvalue weighted by atomic mass is 16.5. The third-order valence-corrected chi connectivity index (χ3v) is 4.98. The molecule has 144 valence electrons. The number of amides is 1. The van der Waals surface area contributed by atoms with Gasteiger partial charge < -0.3 is 15.0 Å². The second-order valence-electron chi connectivity index (χ2n) is 7.04. The molecular formula is C21H28N4O2. The molecule has 2 aromatic rings. The van der Waals surface area contributed by atoms with Crippen molar-refractivity contribution < 1.29 is 9.53 Å². The highest BCUT2D eigenvalue weighted by Gasteiger charge is 2.25. The zero-order valence-electron chi connectivity index (χ0n) is 16.1. The number of anilines is 1. The maximum atomic E-state index is 12.2. The number of aromatic nitrogens is 2. The van der Waals surface area contributed by atoms with Gasteiger partial charge in [-0.15, -0.1) is 10.2 Å². The molecule has 0 saturated carbocycles. The van der Waals surface area contributed by atoms with Crippen molar-refractivity contribution in [2.24, 2.45) is 5.92 Å². The predicted molar refractivity (Wildman–Crippen MR) is 107 cm³/mol. The van der Waals surface area contributed by atoms with Crippen molar-refractivity contribution in [2.75, 3.05) is 38.3 Å². The monoisotopic (exact) mass is 368 g/mol. The summed E-state index contributed by atoms with van der Waals surface area (Å²) in [6.45, 7) is 5.08. The molecule has 27 heavy (non-hydrogen) atoms. The van der Waals surface area contributed by atoms with Crippen molar-refractivity contribution in [1.29, 1.82) is 0 Å². The lowest BCUT2D eigenvalue weighted by atomic mass is 9.96. The lowest BCUT2D eigenvalue weighted by molar-refractivity contribution is -0.125. The minimum Gasteiger partial charge on any atom is -0.385 e. The lowest BCUT2D eigenvalue weighted by Crippen LogP contribution is -2.41. The van der Waals surface area contributed by atoms with Crippen molar-refractivity contribution in [1.82, 2.24) is 15.5 Å². The maximum absolute atomic E-state index is 12.2. The quantitative estimate of drug-likeness (QED) is 0.761. The van der Waals surface area contributed by atoms with E-state index in [0.29, 0.717) is 13.2 Å². The highest BCUT2D eigenvalue weighted by Crippen LogP contribution is 2.23. The summed E-state index contributed by atoms with van der Waals surface area (Å²) in [5.74, 6) is 1.13. The highest BCUT2D eigenvalue weighted by molar-refractivity contribution is 5.78. The maximum Gasteiger partial charge on any atom is 0.223 e. The molecule has 1 N–H and O–H groups in total. The number of rotatable bonds is 7. The van der Waals surface area contributed by atoms with E-state index in [1.165, 1.54) is 5.56 Å².